The molecular formula is C47H35N. The second-order valence-corrected chi connectivity index (χ2v) is 13.8. The highest BCUT2D eigenvalue weighted by molar-refractivity contribution is 6.07. The van der Waals surface area contributed by atoms with E-state index in [-0.39, 0.29) is 0 Å². The van der Waals surface area contributed by atoms with Crippen molar-refractivity contribution >= 4 is 34.7 Å². The van der Waals surface area contributed by atoms with Crippen molar-refractivity contribution < 1.29 is 0 Å². The van der Waals surface area contributed by atoms with E-state index in [0.29, 0.717) is 0 Å². The lowest BCUT2D eigenvalue weighted by molar-refractivity contribution is 0.675. The van der Waals surface area contributed by atoms with Crippen LogP contribution in [0.3, 0.4) is 0 Å². The van der Waals surface area contributed by atoms with Crippen LogP contribution in [0.15, 0.2) is 150 Å². The van der Waals surface area contributed by atoms with Crippen LogP contribution in [0.2, 0.25) is 0 Å². The van der Waals surface area contributed by atoms with Crippen LogP contribution in [0.4, 0.5) is 11.4 Å². The Morgan fingerprint density at radius 1 is 0.583 bits per heavy atom. The molecule has 1 nitrogen and oxygen atoms in total. The van der Waals surface area contributed by atoms with Gasteiger partial charge in [0.25, 0.3) is 0 Å². The molecule has 5 aromatic carbocycles. The quantitative estimate of drug-likeness (QED) is 0.192. The van der Waals surface area contributed by atoms with Gasteiger partial charge < -0.3 is 4.90 Å². The number of allylic oxidation sites excluding steroid dienone is 7. The highest BCUT2D eigenvalue weighted by Gasteiger charge is 2.51. The molecular weight excluding hydrogens is 579 g/mol. The minimum atomic E-state index is -0.511. The van der Waals surface area contributed by atoms with Gasteiger partial charge in [-0.2, -0.15) is 0 Å². The Hall–Kier alpha value is -5.66. The smallest absolute Gasteiger partial charge is 0.0803 e. The van der Waals surface area contributed by atoms with E-state index in [4.69, 9.17) is 0 Å². The second-order valence-electron chi connectivity index (χ2n) is 13.8. The van der Waals surface area contributed by atoms with Crippen LogP contribution in [0.1, 0.15) is 50.1 Å². The molecule has 48 heavy (non-hydrogen) atoms. The lowest BCUT2D eigenvalue weighted by Crippen LogP contribution is -2.38. The van der Waals surface area contributed by atoms with Gasteiger partial charge in [0.1, 0.15) is 0 Å². The summed E-state index contributed by atoms with van der Waals surface area (Å²) in [6, 6.07) is 38.1. The third kappa shape index (κ3) is 3.56. The van der Waals surface area contributed by atoms with E-state index >= 15 is 0 Å². The van der Waals surface area contributed by atoms with E-state index < -0.39 is 5.41 Å². The van der Waals surface area contributed by atoms with Crippen LogP contribution >= 0.6 is 0 Å². The van der Waals surface area contributed by atoms with Crippen molar-refractivity contribution in [3.05, 3.63) is 200 Å². The molecule has 0 bridgehead atoms. The minimum Gasteiger partial charge on any atom is -0.312 e. The van der Waals surface area contributed by atoms with E-state index in [1.54, 1.807) is 0 Å². The predicted octanol–water partition coefficient (Wildman–Crippen LogP) is 11.7. The highest BCUT2D eigenvalue weighted by Crippen LogP contribution is 2.64. The van der Waals surface area contributed by atoms with Gasteiger partial charge >= 0.3 is 0 Å². The van der Waals surface area contributed by atoms with E-state index in [9.17, 15) is 0 Å². The normalized spacial score (nSPS) is 18.9. The van der Waals surface area contributed by atoms with Crippen LogP contribution < -0.4 is 4.90 Å². The summed E-state index contributed by atoms with van der Waals surface area (Å²) in [5.41, 5.74) is 23.3. The Bertz CT molecular complexity index is 2430. The van der Waals surface area contributed by atoms with Crippen molar-refractivity contribution in [2.24, 2.45) is 5.41 Å². The molecule has 10 rings (SSSR count). The summed E-state index contributed by atoms with van der Waals surface area (Å²) in [4.78, 5) is 2.65. The lowest BCUT2D eigenvalue weighted by atomic mass is 9.63. The van der Waals surface area contributed by atoms with Gasteiger partial charge in [0, 0.05) is 17.8 Å². The highest BCUT2D eigenvalue weighted by atomic mass is 15.2. The lowest BCUT2D eigenvalue weighted by Gasteiger charge is -2.47. The number of fused-ring (bicyclic) bond motifs is 11. The number of hydrogen-bond donors (Lipinski definition) is 0. The van der Waals surface area contributed by atoms with E-state index in [1.165, 1.54) is 101 Å². The second kappa shape index (κ2) is 9.92. The standard InChI is InChI=1S/C47H35N/c1-29-13-4-11-21-44(29)48(46-31(3)30(2)25-40-37-19-10-5-14-32(37)26-41(40)46)45-23-22-39-36-18-9-7-16-34(36)28-43(39)47(45)24-12-20-38-35-17-8-6-15-33(35)27-42(38)47/h4-25,27-28H,26H2,1-3H3. The Balaban J connectivity index is 1.31. The molecule has 0 amide bonds. The van der Waals surface area contributed by atoms with Crippen molar-refractivity contribution in [2.75, 3.05) is 4.90 Å². The zero-order valence-corrected chi connectivity index (χ0v) is 27.5. The van der Waals surface area contributed by atoms with E-state index in [2.05, 4.69) is 171 Å². The summed E-state index contributed by atoms with van der Waals surface area (Å²) in [5, 5.41) is 0. The fourth-order valence-electron chi connectivity index (χ4n) is 9.01. The third-order valence-electron chi connectivity index (χ3n) is 11.4. The van der Waals surface area contributed by atoms with Gasteiger partial charge in [-0.15, -0.1) is 0 Å². The number of hydrogen-bond acceptors (Lipinski definition) is 1. The first-order valence-corrected chi connectivity index (χ1v) is 17.1. The summed E-state index contributed by atoms with van der Waals surface area (Å²) >= 11 is 0. The number of rotatable bonds is 3. The molecule has 1 spiro atoms. The van der Waals surface area contributed by atoms with E-state index in [1.807, 2.05) is 0 Å². The first kappa shape index (κ1) is 27.5. The van der Waals surface area contributed by atoms with Gasteiger partial charge in [-0.25, -0.2) is 0 Å². The van der Waals surface area contributed by atoms with Crippen LogP contribution in [-0.2, 0) is 6.42 Å². The van der Waals surface area contributed by atoms with Crippen LogP contribution in [-0.4, -0.2) is 0 Å². The fourth-order valence-corrected chi connectivity index (χ4v) is 9.01. The van der Waals surface area contributed by atoms with Crippen molar-refractivity contribution in [3.63, 3.8) is 0 Å². The fraction of sp³-hybridized carbons (Fsp3) is 0.106. The number of aryl methyl sites for hydroxylation is 2. The van der Waals surface area contributed by atoms with Gasteiger partial charge in [-0.05, 0) is 129 Å². The van der Waals surface area contributed by atoms with Crippen molar-refractivity contribution in [1.29, 1.82) is 0 Å². The maximum atomic E-state index is 2.65. The number of nitrogens with zero attached hydrogens (tertiary/aromatic N) is 1. The Labute approximate surface area is 282 Å². The van der Waals surface area contributed by atoms with Crippen molar-refractivity contribution in [1.82, 2.24) is 0 Å². The van der Waals surface area contributed by atoms with Gasteiger partial charge in [0.2, 0.25) is 0 Å². The molecule has 1 unspecified atom stereocenters. The maximum absolute atomic E-state index is 2.65. The molecule has 1 atom stereocenters. The van der Waals surface area contributed by atoms with Crippen molar-refractivity contribution in [2.45, 2.75) is 27.2 Å². The molecule has 0 saturated carbocycles. The summed E-state index contributed by atoms with van der Waals surface area (Å²) in [5.74, 6) is 0. The molecule has 0 heterocycles. The summed E-state index contributed by atoms with van der Waals surface area (Å²) in [6.45, 7) is 6.87. The third-order valence-corrected chi connectivity index (χ3v) is 11.4. The molecule has 5 aromatic rings. The zero-order chi connectivity index (χ0) is 32.1. The molecule has 0 fully saturated rings. The number of para-hydroxylation sites is 1. The van der Waals surface area contributed by atoms with Crippen molar-refractivity contribution in [3.8, 4) is 11.1 Å². The molecule has 1 heteroatoms. The summed E-state index contributed by atoms with van der Waals surface area (Å²) in [7, 11) is 0. The van der Waals surface area contributed by atoms with Crippen LogP contribution in [0.5, 0.6) is 0 Å². The molecule has 5 aliphatic rings. The first-order chi connectivity index (χ1) is 23.5. The predicted molar refractivity (Wildman–Crippen MR) is 202 cm³/mol. The largest absolute Gasteiger partial charge is 0.312 e. The molecule has 0 N–H and O–H groups in total. The summed E-state index contributed by atoms with van der Waals surface area (Å²) in [6.07, 6.45) is 17.8. The van der Waals surface area contributed by atoms with Gasteiger partial charge in [0.05, 0.1) is 11.1 Å². The molecule has 228 valence electrons. The van der Waals surface area contributed by atoms with Gasteiger partial charge in [-0.3, -0.25) is 0 Å². The molecule has 0 aromatic heterocycles. The molecule has 0 radical (unpaired) electrons. The first-order valence-electron chi connectivity index (χ1n) is 17.1. The van der Waals surface area contributed by atoms with Gasteiger partial charge in [-0.1, -0.05) is 121 Å². The van der Waals surface area contributed by atoms with Gasteiger partial charge in [0.15, 0.2) is 0 Å². The molecule has 5 aliphatic carbocycles. The molecule has 0 saturated heterocycles. The average Bonchev–Trinajstić information content (AvgIpc) is 3.80. The average molecular weight is 614 g/mol. The monoisotopic (exact) mass is 613 g/mol. The topological polar surface area (TPSA) is 3.24 Å². The Morgan fingerprint density at radius 3 is 1.94 bits per heavy atom. The SMILES string of the molecule is Cc1ccccc1N(C1=CC=C2C(=Cc3ccccc32)C12C=CC=C1C2=Cc2ccccc21)c1c(C)c(C)cc2c1Cc1ccccc1-2. The zero-order valence-electron chi connectivity index (χ0n) is 27.5. The Kier molecular flexibility index (Phi) is 5.67. The van der Waals surface area contributed by atoms with E-state index in [0.717, 1.165) is 6.42 Å². The maximum Gasteiger partial charge on any atom is 0.0803 e. The number of benzene rings is 5. The summed E-state index contributed by atoms with van der Waals surface area (Å²) < 4.78 is 0. The minimum absolute atomic E-state index is 0.511. The number of anilines is 2. The van der Waals surface area contributed by atoms with Crippen LogP contribution in [0.25, 0.3) is 34.4 Å². The van der Waals surface area contributed by atoms with Crippen LogP contribution in [0, 0.1) is 26.2 Å². The Morgan fingerprint density at radius 2 is 1.21 bits per heavy atom. The molecule has 0 aliphatic heterocycles.